The summed E-state index contributed by atoms with van der Waals surface area (Å²) in [4.78, 5) is 11.0. The minimum atomic E-state index is 0.226. The molecule has 1 rings (SSSR count). The molecule has 1 aliphatic rings. The molecule has 0 unspecified atom stereocenters. The molecule has 1 saturated carbocycles. The van der Waals surface area contributed by atoms with E-state index in [1.54, 1.807) is 6.92 Å². The number of Topliss-reactive ketones (excluding diaryl/α,β-unsaturated/α-hetero) is 1. The normalized spacial score (nSPS) is 21.2. The third-order valence-corrected chi connectivity index (χ3v) is 2.94. The Bertz CT molecular complexity index is 195. The van der Waals surface area contributed by atoms with Crippen molar-refractivity contribution in [1.29, 1.82) is 0 Å². The van der Waals surface area contributed by atoms with E-state index in [1.807, 2.05) is 6.92 Å². The van der Waals surface area contributed by atoms with Gasteiger partial charge in [-0.05, 0) is 38.2 Å². The number of carbonyl (C=O) groups excluding carboxylic acids is 1. The van der Waals surface area contributed by atoms with E-state index in [2.05, 4.69) is 6.08 Å². The fraction of sp³-hybridized carbons (Fsp3) is 0.750. The molecule has 1 heteroatoms. The van der Waals surface area contributed by atoms with Crippen LogP contribution in [0.4, 0.5) is 0 Å². The standard InChI is InChI=1S/C12H20O/c1-10(11(2)13)9-12-7-5-3-4-6-8-12/h9,12H,3-8H2,1-2H3/b10-9+. The lowest BCUT2D eigenvalue weighted by atomic mass is 9.97. The summed E-state index contributed by atoms with van der Waals surface area (Å²) in [5.74, 6) is 0.899. The third-order valence-electron chi connectivity index (χ3n) is 2.94. The molecular weight excluding hydrogens is 160 g/mol. The Balaban J connectivity index is 2.50. The van der Waals surface area contributed by atoms with Crippen molar-refractivity contribution in [3.05, 3.63) is 11.6 Å². The van der Waals surface area contributed by atoms with E-state index >= 15 is 0 Å². The van der Waals surface area contributed by atoms with Gasteiger partial charge >= 0.3 is 0 Å². The molecule has 0 spiro atoms. The van der Waals surface area contributed by atoms with Gasteiger partial charge in [-0.3, -0.25) is 4.79 Å². The van der Waals surface area contributed by atoms with E-state index in [0.29, 0.717) is 5.92 Å². The molecule has 13 heavy (non-hydrogen) atoms. The van der Waals surface area contributed by atoms with Crippen LogP contribution in [0.5, 0.6) is 0 Å². The van der Waals surface area contributed by atoms with Gasteiger partial charge in [0.15, 0.2) is 5.78 Å². The summed E-state index contributed by atoms with van der Waals surface area (Å²) in [6, 6.07) is 0. The highest BCUT2D eigenvalue weighted by Gasteiger charge is 2.10. The Kier molecular flexibility index (Phi) is 4.20. The number of carbonyl (C=O) groups is 1. The molecule has 0 heterocycles. The highest BCUT2D eigenvalue weighted by molar-refractivity contribution is 5.92. The second kappa shape index (κ2) is 5.21. The predicted molar refractivity (Wildman–Crippen MR) is 55.6 cm³/mol. The lowest BCUT2D eigenvalue weighted by Gasteiger charge is -2.08. The van der Waals surface area contributed by atoms with Crippen LogP contribution in [0.25, 0.3) is 0 Å². The topological polar surface area (TPSA) is 17.1 Å². The molecule has 74 valence electrons. The molecular formula is C12H20O. The summed E-state index contributed by atoms with van der Waals surface area (Å²) in [6.07, 6.45) is 10.2. The highest BCUT2D eigenvalue weighted by Crippen LogP contribution is 2.24. The van der Waals surface area contributed by atoms with Gasteiger partial charge in [-0.15, -0.1) is 0 Å². The second-order valence-corrected chi connectivity index (χ2v) is 4.16. The molecule has 0 amide bonds. The van der Waals surface area contributed by atoms with Crippen molar-refractivity contribution in [2.45, 2.75) is 52.4 Å². The number of allylic oxidation sites excluding steroid dienone is 2. The Morgan fingerprint density at radius 3 is 2.08 bits per heavy atom. The van der Waals surface area contributed by atoms with Crippen molar-refractivity contribution in [3.8, 4) is 0 Å². The molecule has 1 nitrogen and oxygen atoms in total. The van der Waals surface area contributed by atoms with Gasteiger partial charge in [0.1, 0.15) is 0 Å². The Morgan fingerprint density at radius 1 is 1.08 bits per heavy atom. The number of rotatable bonds is 2. The molecule has 1 fully saturated rings. The third kappa shape index (κ3) is 3.75. The minimum Gasteiger partial charge on any atom is -0.295 e. The predicted octanol–water partition coefficient (Wildman–Crippen LogP) is 3.49. The number of hydrogen-bond acceptors (Lipinski definition) is 1. The summed E-state index contributed by atoms with van der Waals surface area (Å²) in [7, 11) is 0. The van der Waals surface area contributed by atoms with Crippen LogP contribution in [0.1, 0.15) is 52.4 Å². The van der Waals surface area contributed by atoms with Crippen molar-refractivity contribution in [3.63, 3.8) is 0 Å². The van der Waals surface area contributed by atoms with E-state index in [-0.39, 0.29) is 5.78 Å². The fourth-order valence-corrected chi connectivity index (χ4v) is 1.95. The average Bonchev–Trinajstić information content (AvgIpc) is 2.32. The molecule has 0 bridgehead atoms. The van der Waals surface area contributed by atoms with Gasteiger partial charge in [0.05, 0.1) is 0 Å². The summed E-state index contributed by atoms with van der Waals surface area (Å²) in [6.45, 7) is 3.59. The quantitative estimate of drug-likeness (QED) is 0.469. The monoisotopic (exact) mass is 180 g/mol. The van der Waals surface area contributed by atoms with Gasteiger partial charge in [0, 0.05) is 0 Å². The van der Waals surface area contributed by atoms with Crippen LogP contribution in [-0.4, -0.2) is 5.78 Å². The molecule has 1 aliphatic carbocycles. The van der Waals surface area contributed by atoms with E-state index < -0.39 is 0 Å². The zero-order valence-electron chi connectivity index (χ0n) is 8.81. The first-order valence-electron chi connectivity index (χ1n) is 5.39. The minimum absolute atomic E-state index is 0.226. The van der Waals surface area contributed by atoms with Crippen LogP contribution in [-0.2, 0) is 4.79 Å². The van der Waals surface area contributed by atoms with Gasteiger partial charge in [-0.1, -0.05) is 31.8 Å². The first-order valence-corrected chi connectivity index (χ1v) is 5.39. The summed E-state index contributed by atoms with van der Waals surface area (Å²) < 4.78 is 0. The Labute approximate surface area is 81.2 Å². The van der Waals surface area contributed by atoms with Crippen molar-refractivity contribution in [2.75, 3.05) is 0 Å². The SMILES string of the molecule is CC(=O)/C(C)=C/C1CCCCCC1. The molecule has 0 N–H and O–H groups in total. The van der Waals surface area contributed by atoms with E-state index in [0.717, 1.165) is 5.57 Å². The maximum atomic E-state index is 11.0. The van der Waals surface area contributed by atoms with Gasteiger partial charge in [0.2, 0.25) is 0 Å². The zero-order chi connectivity index (χ0) is 9.68. The molecule has 0 aromatic heterocycles. The average molecular weight is 180 g/mol. The molecule has 0 aromatic rings. The maximum Gasteiger partial charge on any atom is 0.155 e. The van der Waals surface area contributed by atoms with Crippen LogP contribution in [0.3, 0.4) is 0 Å². The molecule has 0 aliphatic heterocycles. The molecule has 0 radical (unpaired) electrons. The van der Waals surface area contributed by atoms with Crippen LogP contribution >= 0.6 is 0 Å². The smallest absolute Gasteiger partial charge is 0.155 e. The van der Waals surface area contributed by atoms with Gasteiger partial charge < -0.3 is 0 Å². The largest absolute Gasteiger partial charge is 0.295 e. The second-order valence-electron chi connectivity index (χ2n) is 4.16. The van der Waals surface area contributed by atoms with Crippen LogP contribution in [0.15, 0.2) is 11.6 Å². The molecule has 0 saturated heterocycles. The van der Waals surface area contributed by atoms with Crippen molar-refractivity contribution in [1.82, 2.24) is 0 Å². The van der Waals surface area contributed by atoms with E-state index in [9.17, 15) is 4.79 Å². The Morgan fingerprint density at radius 2 is 1.62 bits per heavy atom. The van der Waals surface area contributed by atoms with Gasteiger partial charge in [-0.25, -0.2) is 0 Å². The molecule has 0 atom stereocenters. The van der Waals surface area contributed by atoms with Crippen molar-refractivity contribution in [2.24, 2.45) is 5.92 Å². The first-order chi connectivity index (χ1) is 6.20. The number of hydrogen-bond donors (Lipinski definition) is 0. The van der Waals surface area contributed by atoms with E-state index in [4.69, 9.17) is 0 Å². The number of ketones is 1. The lowest BCUT2D eigenvalue weighted by Crippen LogP contribution is -1.99. The van der Waals surface area contributed by atoms with Crippen molar-refractivity contribution >= 4 is 5.78 Å². The van der Waals surface area contributed by atoms with Gasteiger partial charge in [0.25, 0.3) is 0 Å². The zero-order valence-corrected chi connectivity index (χ0v) is 8.81. The van der Waals surface area contributed by atoms with E-state index in [1.165, 1.54) is 38.5 Å². The fourth-order valence-electron chi connectivity index (χ4n) is 1.95. The highest BCUT2D eigenvalue weighted by atomic mass is 16.1. The maximum absolute atomic E-state index is 11.0. The van der Waals surface area contributed by atoms with Crippen LogP contribution in [0, 0.1) is 5.92 Å². The first kappa shape index (κ1) is 10.5. The van der Waals surface area contributed by atoms with Crippen LogP contribution < -0.4 is 0 Å². The summed E-state index contributed by atoms with van der Waals surface area (Å²) in [5.41, 5.74) is 0.951. The molecule has 0 aromatic carbocycles. The Hall–Kier alpha value is -0.590. The summed E-state index contributed by atoms with van der Waals surface area (Å²) in [5, 5.41) is 0. The van der Waals surface area contributed by atoms with Crippen molar-refractivity contribution < 1.29 is 4.79 Å². The lowest BCUT2D eigenvalue weighted by molar-refractivity contribution is -0.113. The summed E-state index contributed by atoms with van der Waals surface area (Å²) >= 11 is 0. The van der Waals surface area contributed by atoms with Gasteiger partial charge in [-0.2, -0.15) is 0 Å². The van der Waals surface area contributed by atoms with Crippen LogP contribution in [0.2, 0.25) is 0 Å².